The Morgan fingerprint density at radius 3 is 2.04 bits per heavy atom. The summed E-state index contributed by atoms with van der Waals surface area (Å²) < 4.78 is 27.1. The van der Waals surface area contributed by atoms with Crippen molar-refractivity contribution in [3.8, 4) is 28.7 Å². The number of carbonyl (C=O) groups excluding carboxylic acids is 3. The molecule has 0 aliphatic rings. The molecule has 3 amide bonds. The summed E-state index contributed by atoms with van der Waals surface area (Å²) in [5.41, 5.74) is 1.82. The summed E-state index contributed by atoms with van der Waals surface area (Å²) in [7, 11) is 7.55. The third kappa shape index (κ3) is 9.48. The molecule has 4 aromatic rings. The fourth-order valence-corrected chi connectivity index (χ4v) is 5.76. The van der Waals surface area contributed by atoms with E-state index < -0.39 is 17.1 Å². The minimum Gasteiger partial charge on any atom is -0.497 e. The minimum atomic E-state index is -0.574. The lowest BCUT2D eigenvalue weighted by molar-refractivity contribution is -0.116. The molecule has 0 fully saturated rings. The minimum absolute atomic E-state index is 0.0285. The Morgan fingerprint density at radius 1 is 0.735 bits per heavy atom. The van der Waals surface area contributed by atoms with Gasteiger partial charge in [0.1, 0.15) is 17.2 Å². The molecule has 49 heavy (non-hydrogen) atoms. The van der Waals surface area contributed by atoms with Crippen molar-refractivity contribution in [3.63, 3.8) is 0 Å². The van der Waals surface area contributed by atoms with Crippen LogP contribution in [0.5, 0.6) is 28.7 Å². The average molecular weight is 686 g/mol. The maximum absolute atomic E-state index is 13.8. The fraction of sp³-hybridized carbons (Fsp3) is 0.216. The van der Waals surface area contributed by atoms with Gasteiger partial charge in [-0.3, -0.25) is 14.4 Å². The van der Waals surface area contributed by atoms with Gasteiger partial charge in [-0.2, -0.15) is 0 Å². The molecule has 0 aliphatic carbocycles. The molecule has 256 valence electrons. The van der Waals surface area contributed by atoms with Crippen LogP contribution in [0.3, 0.4) is 0 Å². The van der Waals surface area contributed by atoms with Crippen LogP contribution in [0, 0.1) is 0 Å². The second kappa shape index (κ2) is 17.5. The van der Waals surface area contributed by atoms with Gasteiger partial charge in [0.25, 0.3) is 11.8 Å². The summed E-state index contributed by atoms with van der Waals surface area (Å²) in [6.07, 6.45) is 2.05. The van der Waals surface area contributed by atoms with E-state index in [1.165, 1.54) is 46.3 Å². The second-order valence-corrected chi connectivity index (χ2v) is 11.7. The Labute approximate surface area is 289 Å². The maximum atomic E-state index is 13.8. The van der Waals surface area contributed by atoms with Gasteiger partial charge in [-0.15, -0.1) is 11.8 Å². The molecule has 0 heterocycles. The van der Waals surface area contributed by atoms with E-state index in [1.807, 2.05) is 13.0 Å². The number of methoxy groups -OCH3 is 5. The first kappa shape index (κ1) is 36.2. The second-order valence-electron chi connectivity index (χ2n) is 10.4. The molecule has 12 heteroatoms. The number of nitrogens with one attached hydrogen (secondary N) is 3. The van der Waals surface area contributed by atoms with Crippen molar-refractivity contribution in [1.29, 1.82) is 0 Å². The molecule has 4 rings (SSSR count). The third-order valence-electron chi connectivity index (χ3n) is 7.22. The molecule has 4 aromatic carbocycles. The first-order chi connectivity index (χ1) is 23.7. The van der Waals surface area contributed by atoms with E-state index in [2.05, 4.69) is 16.0 Å². The number of carbonyl (C=O) groups is 3. The van der Waals surface area contributed by atoms with Crippen LogP contribution in [0.15, 0.2) is 95.5 Å². The lowest BCUT2D eigenvalue weighted by Crippen LogP contribution is -2.30. The number of hydrogen-bond acceptors (Lipinski definition) is 9. The van der Waals surface area contributed by atoms with Gasteiger partial charge >= 0.3 is 0 Å². The molecule has 0 bridgehead atoms. The van der Waals surface area contributed by atoms with E-state index in [-0.39, 0.29) is 11.6 Å². The molecule has 1 atom stereocenters. The van der Waals surface area contributed by atoms with Crippen LogP contribution >= 0.6 is 11.8 Å². The smallest absolute Gasteiger partial charge is 0.272 e. The van der Waals surface area contributed by atoms with Gasteiger partial charge in [0.15, 0.2) is 11.5 Å². The normalized spacial score (nSPS) is 11.5. The Hall–Kier alpha value is -5.62. The van der Waals surface area contributed by atoms with Crippen LogP contribution in [-0.2, 0) is 9.59 Å². The van der Waals surface area contributed by atoms with Crippen LogP contribution in [0.25, 0.3) is 6.08 Å². The quantitative estimate of drug-likeness (QED) is 0.0930. The third-order valence-corrected chi connectivity index (χ3v) is 8.58. The summed E-state index contributed by atoms with van der Waals surface area (Å²) in [5, 5.41) is 8.09. The molecule has 1 unspecified atom stereocenters. The van der Waals surface area contributed by atoms with Crippen LogP contribution in [0.4, 0.5) is 11.4 Å². The molecular formula is C37H39N3O8S. The average Bonchev–Trinajstić information content (AvgIpc) is 3.13. The van der Waals surface area contributed by atoms with Gasteiger partial charge < -0.3 is 39.6 Å². The number of hydrogen-bond donors (Lipinski definition) is 3. The zero-order valence-electron chi connectivity index (χ0n) is 28.1. The summed E-state index contributed by atoms with van der Waals surface area (Å²) in [6.45, 7) is 1.92. The van der Waals surface area contributed by atoms with Crippen molar-refractivity contribution >= 4 is 46.9 Å². The van der Waals surface area contributed by atoms with E-state index >= 15 is 0 Å². The van der Waals surface area contributed by atoms with Crippen LogP contribution in [-0.4, -0.2) is 58.5 Å². The van der Waals surface area contributed by atoms with Crippen LogP contribution in [0.2, 0.25) is 0 Å². The summed E-state index contributed by atoms with van der Waals surface area (Å²) in [6, 6.07) is 24.2. The van der Waals surface area contributed by atoms with E-state index in [0.29, 0.717) is 57.7 Å². The lowest BCUT2D eigenvalue weighted by atomic mass is 10.1. The van der Waals surface area contributed by atoms with Gasteiger partial charge in [0.05, 0.1) is 46.5 Å². The first-order valence-electron chi connectivity index (χ1n) is 15.2. The highest BCUT2D eigenvalue weighted by atomic mass is 32.2. The van der Waals surface area contributed by atoms with Gasteiger partial charge in [-0.1, -0.05) is 31.2 Å². The zero-order valence-corrected chi connectivity index (χ0v) is 28.9. The standard InChI is InChI=1S/C37H39N3O8S/c1-7-33(37(43)39-28-22-26(44-2)16-17-30(28)45-3)49-27-15-11-14-25(21-27)38-36(42)29(40-35(41)24-12-9-8-10-13-24)18-23-19-31(46-4)34(48-6)32(20-23)47-5/h8-22,33H,7H2,1-6H3,(H,38,42)(H,39,43)(H,40,41)/b29-18+. The highest BCUT2D eigenvalue weighted by Gasteiger charge is 2.21. The van der Waals surface area contributed by atoms with Crippen molar-refractivity contribution in [1.82, 2.24) is 5.32 Å². The molecule has 0 radical (unpaired) electrons. The zero-order chi connectivity index (χ0) is 35.3. The number of ether oxygens (including phenoxy) is 5. The van der Waals surface area contributed by atoms with Gasteiger partial charge in [-0.25, -0.2) is 0 Å². The van der Waals surface area contributed by atoms with E-state index in [0.717, 1.165) is 4.90 Å². The molecule has 0 aliphatic heterocycles. The monoisotopic (exact) mass is 685 g/mol. The van der Waals surface area contributed by atoms with Gasteiger partial charge in [0.2, 0.25) is 11.7 Å². The summed E-state index contributed by atoms with van der Waals surface area (Å²) >= 11 is 1.35. The topological polar surface area (TPSA) is 133 Å². The number of thioether (sulfide) groups is 1. The Morgan fingerprint density at radius 2 is 1.43 bits per heavy atom. The van der Waals surface area contributed by atoms with E-state index in [9.17, 15) is 14.4 Å². The molecular weight excluding hydrogens is 646 g/mol. The number of amides is 3. The Bertz CT molecular complexity index is 1790. The summed E-state index contributed by atoms with van der Waals surface area (Å²) in [4.78, 5) is 41.0. The van der Waals surface area contributed by atoms with Crippen molar-refractivity contribution in [2.45, 2.75) is 23.5 Å². The van der Waals surface area contributed by atoms with Crippen molar-refractivity contribution in [2.75, 3.05) is 46.2 Å². The Balaban J connectivity index is 1.58. The lowest BCUT2D eigenvalue weighted by Gasteiger charge is -2.17. The van der Waals surface area contributed by atoms with E-state index in [4.69, 9.17) is 23.7 Å². The number of anilines is 2. The van der Waals surface area contributed by atoms with Crippen molar-refractivity contribution in [2.24, 2.45) is 0 Å². The predicted molar refractivity (Wildman–Crippen MR) is 191 cm³/mol. The van der Waals surface area contributed by atoms with Crippen LogP contribution in [0.1, 0.15) is 29.3 Å². The molecule has 0 spiro atoms. The van der Waals surface area contributed by atoms with Gasteiger partial charge in [-0.05, 0) is 72.7 Å². The predicted octanol–water partition coefficient (Wildman–Crippen LogP) is 6.65. The molecule has 3 N–H and O–H groups in total. The molecule has 0 saturated heterocycles. The molecule has 0 saturated carbocycles. The Kier molecular flexibility index (Phi) is 12.9. The summed E-state index contributed by atoms with van der Waals surface area (Å²) in [5.74, 6) is 0.980. The molecule has 11 nitrogen and oxygen atoms in total. The van der Waals surface area contributed by atoms with Crippen molar-refractivity contribution in [3.05, 3.63) is 102 Å². The van der Waals surface area contributed by atoms with Crippen LogP contribution < -0.4 is 39.6 Å². The first-order valence-corrected chi connectivity index (χ1v) is 16.1. The van der Waals surface area contributed by atoms with Gasteiger partial charge in [0, 0.05) is 22.2 Å². The highest BCUT2D eigenvalue weighted by molar-refractivity contribution is 8.00. The maximum Gasteiger partial charge on any atom is 0.272 e. The van der Waals surface area contributed by atoms with E-state index in [1.54, 1.807) is 86.0 Å². The fourth-order valence-electron chi connectivity index (χ4n) is 4.75. The number of benzene rings is 4. The van der Waals surface area contributed by atoms with Crippen molar-refractivity contribution < 1.29 is 38.1 Å². The highest BCUT2D eigenvalue weighted by Crippen LogP contribution is 2.39. The SMILES string of the molecule is CCC(Sc1cccc(NC(=O)/C(=C\c2cc(OC)c(OC)c(OC)c2)NC(=O)c2ccccc2)c1)C(=O)Nc1cc(OC)ccc1OC. The largest absolute Gasteiger partial charge is 0.497 e. The molecule has 0 aromatic heterocycles. The number of rotatable bonds is 15.